The highest BCUT2D eigenvalue weighted by Gasteiger charge is 2.03. The van der Waals surface area contributed by atoms with Crippen LogP contribution in [0.4, 0.5) is 11.8 Å². The molecule has 0 amide bonds. The van der Waals surface area contributed by atoms with E-state index in [-0.39, 0.29) is 0 Å². The summed E-state index contributed by atoms with van der Waals surface area (Å²) in [6, 6.07) is 15.9. The van der Waals surface area contributed by atoms with Gasteiger partial charge in [-0.1, -0.05) is 18.2 Å². The SMILES string of the molecule is COc1cccc(CCNc2nc(C)cc(NCc3ccccn3)n2)c1. The van der Waals surface area contributed by atoms with Crippen LogP contribution in [0.1, 0.15) is 17.0 Å². The molecule has 0 bridgehead atoms. The van der Waals surface area contributed by atoms with Crippen molar-refractivity contribution in [1.29, 1.82) is 0 Å². The van der Waals surface area contributed by atoms with Gasteiger partial charge >= 0.3 is 0 Å². The average molecular weight is 349 g/mol. The first-order valence-electron chi connectivity index (χ1n) is 8.59. The highest BCUT2D eigenvalue weighted by atomic mass is 16.5. The summed E-state index contributed by atoms with van der Waals surface area (Å²) in [6.45, 7) is 3.33. The van der Waals surface area contributed by atoms with Crippen molar-refractivity contribution in [3.8, 4) is 5.75 Å². The van der Waals surface area contributed by atoms with Gasteiger partial charge in [0, 0.05) is 24.5 Å². The number of aromatic nitrogens is 3. The Bertz CT molecular complexity index is 839. The summed E-state index contributed by atoms with van der Waals surface area (Å²) in [4.78, 5) is 13.3. The summed E-state index contributed by atoms with van der Waals surface area (Å²) in [7, 11) is 1.68. The van der Waals surface area contributed by atoms with E-state index in [4.69, 9.17) is 4.74 Å². The largest absolute Gasteiger partial charge is 0.497 e. The second-order valence-electron chi connectivity index (χ2n) is 5.92. The van der Waals surface area contributed by atoms with Gasteiger partial charge in [-0.2, -0.15) is 4.98 Å². The molecule has 0 fully saturated rings. The number of ether oxygens (including phenoxy) is 1. The smallest absolute Gasteiger partial charge is 0.224 e. The number of methoxy groups -OCH3 is 1. The zero-order chi connectivity index (χ0) is 18.2. The molecule has 6 heteroatoms. The molecule has 2 N–H and O–H groups in total. The highest BCUT2D eigenvalue weighted by Crippen LogP contribution is 2.14. The van der Waals surface area contributed by atoms with Crippen LogP contribution in [0.25, 0.3) is 0 Å². The fourth-order valence-electron chi connectivity index (χ4n) is 2.57. The number of hydrogen-bond acceptors (Lipinski definition) is 6. The first-order valence-corrected chi connectivity index (χ1v) is 8.59. The quantitative estimate of drug-likeness (QED) is 0.649. The second-order valence-corrected chi connectivity index (χ2v) is 5.92. The molecule has 0 radical (unpaired) electrons. The van der Waals surface area contributed by atoms with Gasteiger partial charge in [-0.15, -0.1) is 0 Å². The first kappa shape index (κ1) is 17.7. The van der Waals surface area contributed by atoms with Gasteiger partial charge in [-0.05, 0) is 43.2 Å². The van der Waals surface area contributed by atoms with E-state index < -0.39 is 0 Å². The Labute approximate surface area is 153 Å². The molecule has 0 unspecified atom stereocenters. The molecule has 0 aliphatic heterocycles. The fraction of sp³-hybridized carbons (Fsp3) is 0.250. The maximum atomic E-state index is 5.26. The van der Waals surface area contributed by atoms with Gasteiger partial charge < -0.3 is 15.4 Å². The van der Waals surface area contributed by atoms with Crippen LogP contribution in [0.3, 0.4) is 0 Å². The number of hydrogen-bond donors (Lipinski definition) is 2. The molecule has 26 heavy (non-hydrogen) atoms. The number of pyridine rings is 1. The van der Waals surface area contributed by atoms with Crippen molar-refractivity contribution >= 4 is 11.8 Å². The Hall–Kier alpha value is -3.15. The summed E-state index contributed by atoms with van der Waals surface area (Å²) in [6.07, 6.45) is 2.65. The second kappa shape index (κ2) is 8.80. The van der Waals surface area contributed by atoms with Crippen molar-refractivity contribution in [2.24, 2.45) is 0 Å². The number of anilines is 2. The molecule has 6 nitrogen and oxygen atoms in total. The zero-order valence-electron chi connectivity index (χ0n) is 15.1. The van der Waals surface area contributed by atoms with E-state index in [1.54, 1.807) is 13.3 Å². The van der Waals surface area contributed by atoms with Crippen molar-refractivity contribution in [1.82, 2.24) is 15.0 Å². The Balaban J connectivity index is 1.56. The van der Waals surface area contributed by atoms with Crippen molar-refractivity contribution in [2.75, 3.05) is 24.3 Å². The molecule has 2 aromatic heterocycles. The number of benzene rings is 1. The molecule has 3 aromatic rings. The zero-order valence-corrected chi connectivity index (χ0v) is 15.1. The lowest BCUT2D eigenvalue weighted by molar-refractivity contribution is 0.414. The molecule has 0 aliphatic carbocycles. The van der Waals surface area contributed by atoms with Crippen LogP contribution < -0.4 is 15.4 Å². The maximum Gasteiger partial charge on any atom is 0.224 e. The number of nitrogens with zero attached hydrogens (tertiary/aromatic N) is 3. The van der Waals surface area contributed by atoms with Gasteiger partial charge in [-0.25, -0.2) is 4.98 Å². The Morgan fingerprint density at radius 1 is 1.00 bits per heavy atom. The fourth-order valence-corrected chi connectivity index (χ4v) is 2.57. The maximum absolute atomic E-state index is 5.26. The van der Waals surface area contributed by atoms with E-state index in [1.165, 1.54) is 5.56 Å². The topological polar surface area (TPSA) is 72.0 Å². The van der Waals surface area contributed by atoms with Gasteiger partial charge in [0.1, 0.15) is 11.6 Å². The lowest BCUT2D eigenvalue weighted by Gasteiger charge is -2.10. The summed E-state index contributed by atoms with van der Waals surface area (Å²) < 4.78 is 5.26. The summed E-state index contributed by atoms with van der Waals surface area (Å²) in [5.41, 5.74) is 3.08. The number of nitrogens with one attached hydrogen (secondary N) is 2. The molecule has 0 spiro atoms. The van der Waals surface area contributed by atoms with Crippen LogP contribution >= 0.6 is 0 Å². The van der Waals surface area contributed by atoms with Crippen LogP contribution in [0.5, 0.6) is 5.75 Å². The number of aryl methyl sites for hydroxylation is 1. The van der Waals surface area contributed by atoms with Crippen molar-refractivity contribution in [2.45, 2.75) is 19.9 Å². The number of rotatable bonds is 8. The van der Waals surface area contributed by atoms with E-state index >= 15 is 0 Å². The van der Waals surface area contributed by atoms with E-state index in [0.717, 1.165) is 35.9 Å². The van der Waals surface area contributed by atoms with E-state index in [2.05, 4.69) is 31.7 Å². The molecule has 1 aromatic carbocycles. The van der Waals surface area contributed by atoms with Crippen LogP contribution in [-0.2, 0) is 13.0 Å². The van der Waals surface area contributed by atoms with Crippen LogP contribution in [0.2, 0.25) is 0 Å². The summed E-state index contributed by atoms with van der Waals surface area (Å²) in [5, 5.41) is 6.59. The molecule has 134 valence electrons. The minimum atomic E-state index is 0.622. The predicted octanol–water partition coefficient (Wildman–Crippen LogP) is 3.46. The van der Waals surface area contributed by atoms with Gasteiger partial charge in [0.2, 0.25) is 5.95 Å². The first-order chi connectivity index (χ1) is 12.7. The predicted molar refractivity (Wildman–Crippen MR) is 104 cm³/mol. The minimum absolute atomic E-state index is 0.622. The normalized spacial score (nSPS) is 10.4. The highest BCUT2D eigenvalue weighted by molar-refractivity contribution is 5.42. The van der Waals surface area contributed by atoms with E-state index in [0.29, 0.717) is 12.5 Å². The molecular formula is C20H23N5O. The van der Waals surface area contributed by atoms with Crippen molar-refractivity contribution < 1.29 is 4.74 Å². The van der Waals surface area contributed by atoms with E-state index in [1.807, 2.05) is 49.4 Å². The lowest BCUT2D eigenvalue weighted by Crippen LogP contribution is -2.11. The molecule has 0 atom stereocenters. The van der Waals surface area contributed by atoms with Crippen LogP contribution in [-0.4, -0.2) is 28.6 Å². The molecule has 0 saturated carbocycles. The Morgan fingerprint density at radius 3 is 2.73 bits per heavy atom. The molecule has 2 heterocycles. The molecule has 0 saturated heterocycles. The molecule has 3 rings (SSSR count). The molecule has 0 aliphatic rings. The average Bonchev–Trinajstić information content (AvgIpc) is 2.67. The third-order valence-corrected chi connectivity index (χ3v) is 3.86. The van der Waals surface area contributed by atoms with Gasteiger partial charge in [0.05, 0.1) is 19.3 Å². The molecular weight excluding hydrogens is 326 g/mol. The van der Waals surface area contributed by atoms with Gasteiger partial charge in [0.25, 0.3) is 0 Å². The van der Waals surface area contributed by atoms with Gasteiger partial charge in [0.15, 0.2) is 0 Å². The van der Waals surface area contributed by atoms with Crippen LogP contribution in [0.15, 0.2) is 54.7 Å². The summed E-state index contributed by atoms with van der Waals surface area (Å²) >= 11 is 0. The minimum Gasteiger partial charge on any atom is -0.497 e. The monoisotopic (exact) mass is 349 g/mol. The van der Waals surface area contributed by atoms with Crippen molar-refractivity contribution in [3.05, 3.63) is 71.7 Å². The summed E-state index contributed by atoms with van der Waals surface area (Å²) in [5.74, 6) is 2.28. The third-order valence-electron chi connectivity index (χ3n) is 3.86. The van der Waals surface area contributed by atoms with E-state index in [9.17, 15) is 0 Å². The van der Waals surface area contributed by atoms with Gasteiger partial charge in [-0.3, -0.25) is 4.98 Å². The Kier molecular flexibility index (Phi) is 5.98. The van der Waals surface area contributed by atoms with Crippen LogP contribution in [0, 0.1) is 6.92 Å². The van der Waals surface area contributed by atoms with Crippen molar-refractivity contribution in [3.63, 3.8) is 0 Å². The standard InChI is InChI=1S/C20H23N5O/c1-15-12-19(23-14-17-7-3-4-10-21-17)25-20(24-15)22-11-9-16-6-5-8-18(13-16)26-2/h3-8,10,12-13H,9,11,14H2,1-2H3,(H2,22,23,24,25). The third kappa shape index (κ3) is 5.17. The lowest BCUT2D eigenvalue weighted by atomic mass is 10.1. The Morgan fingerprint density at radius 2 is 1.92 bits per heavy atom.